The number of carbonyl (C=O) groups excluding carboxylic acids is 2. The Morgan fingerprint density at radius 1 is 1.05 bits per heavy atom. The largest absolute Gasteiger partial charge is 0.477 e. The van der Waals surface area contributed by atoms with Crippen LogP contribution in [0.4, 0.5) is 10.5 Å². The lowest BCUT2D eigenvalue weighted by Gasteiger charge is -2.39. The molecule has 9 nitrogen and oxygen atoms in total. The van der Waals surface area contributed by atoms with Gasteiger partial charge in [-0.05, 0) is 90.5 Å². The number of thiophene rings is 1. The third-order valence-corrected chi connectivity index (χ3v) is 9.98. The minimum Gasteiger partial charge on any atom is -0.477 e. The van der Waals surface area contributed by atoms with Crippen molar-refractivity contribution in [2.75, 3.05) is 18.1 Å². The molecule has 4 aliphatic rings. The molecule has 0 radical (unpaired) electrons. The molecule has 230 valence electrons. The Bertz CT molecular complexity index is 1210. The van der Waals surface area contributed by atoms with Gasteiger partial charge in [0, 0.05) is 23.4 Å². The van der Waals surface area contributed by atoms with Gasteiger partial charge in [0.25, 0.3) is 0 Å². The van der Waals surface area contributed by atoms with Gasteiger partial charge >= 0.3 is 12.1 Å². The van der Waals surface area contributed by atoms with Crippen LogP contribution in [0.1, 0.15) is 100 Å². The highest BCUT2D eigenvalue weighted by Crippen LogP contribution is 2.39. The van der Waals surface area contributed by atoms with Crippen molar-refractivity contribution in [3.8, 4) is 11.8 Å². The van der Waals surface area contributed by atoms with E-state index in [0.717, 1.165) is 43.4 Å². The third kappa shape index (κ3) is 7.29. The van der Waals surface area contributed by atoms with Crippen molar-refractivity contribution in [2.24, 2.45) is 23.2 Å². The molecular formula is C32H44N2O7S. The summed E-state index contributed by atoms with van der Waals surface area (Å²) in [5, 5.41) is 13.2. The lowest BCUT2D eigenvalue weighted by Crippen LogP contribution is -2.49. The number of carbonyl (C=O) groups is 3. The van der Waals surface area contributed by atoms with Gasteiger partial charge in [-0.15, -0.1) is 11.3 Å². The van der Waals surface area contributed by atoms with Crippen LogP contribution >= 0.6 is 11.3 Å². The second-order valence-electron chi connectivity index (χ2n) is 13.4. The maximum atomic E-state index is 14.1. The quantitative estimate of drug-likeness (QED) is 0.397. The zero-order valence-corrected chi connectivity index (χ0v) is 26.0. The Morgan fingerprint density at radius 3 is 2.43 bits per heavy atom. The number of hydrogen-bond acceptors (Lipinski definition) is 7. The minimum atomic E-state index is -1.04. The number of aromatic carboxylic acids is 1. The first-order valence-corrected chi connectivity index (χ1v) is 16.2. The molecule has 2 aliphatic heterocycles. The molecule has 0 bridgehead atoms. The number of carboxylic acid groups (broad SMARTS) is 1. The number of ether oxygens (including phenoxy) is 3. The lowest BCUT2D eigenvalue weighted by molar-refractivity contribution is -0.124. The van der Waals surface area contributed by atoms with E-state index in [2.05, 4.69) is 24.1 Å². The van der Waals surface area contributed by atoms with Gasteiger partial charge in [0.2, 0.25) is 5.91 Å². The molecule has 5 rings (SSSR count). The van der Waals surface area contributed by atoms with Crippen molar-refractivity contribution in [2.45, 2.75) is 110 Å². The van der Waals surface area contributed by atoms with Crippen LogP contribution in [0.3, 0.4) is 0 Å². The van der Waals surface area contributed by atoms with Gasteiger partial charge in [-0.25, -0.2) is 9.59 Å². The van der Waals surface area contributed by atoms with Gasteiger partial charge in [-0.3, -0.25) is 4.79 Å². The summed E-state index contributed by atoms with van der Waals surface area (Å²) in [6, 6.07) is 1.57. The predicted molar refractivity (Wildman–Crippen MR) is 159 cm³/mol. The van der Waals surface area contributed by atoms with Gasteiger partial charge < -0.3 is 29.5 Å². The van der Waals surface area contributed by atoms with Crippen LogP contribution < -0.4 is 10.2 Å². The predicted octanol–water partition coefficient (Wildman–Crippen LogP) is 5.80. The molecule has 2 saturated heterocycles. The Labute approximate surface area is 252 Å². The fraction of sp³-hybridized carbons (Fsp3) is 0.719. The van der Waals surface area contributed by atoms with E-state index in [-0.39, 0.29) is 52.5 Å². The highest BCUT2D eigenvalue weighted by atomic mass is 32.1. The molecule has 2 N–H and O–H groups in total. The number of nitrogens with zero attached hydrogens (tertiary/aromatic N) is 1. The standard InChI is InChI=1S/C32H44N2O7S/c1-19-5-7-20(8-6-19)28(35)34(25-17-23(13-15-32(2,3)4)42-27(25)29(36)37)22-11-9-21(10-12-22)33-31(38)41-26-18-40-30-24(26)14-16-39-30/h17,19-22,24,26,30H,5-12,14,16,18H2,1-4H3,(H,33,38)(H,36,37)/t19-,20-,21-,22+,24-,26-,30+/m0/s1. The van der Waals surface area contributed by atoms with Gasteiger partial charge in [-0.2, -0.15) is 0 Å². The average Bonchev–Trinajstić information content (AvgIpc) is 3.66. The number of fused-ring (bicyclic) bond motifs is 1. The maximum Gasteiger partial charge on any atom is 0.407 e. The highest BCUT2D eigenvalue weighted by Gasteiger charge is 2.44. The van der Waals surface area contributed by atoms with Crippen LogP contribution in [0.25, 0.3) is 0 Å². The summed E-state index contributed by atoms with van der Waals surface area (Å²) in [7, 11) is 0. The number of nitrogens with one attached hydrogen (secondary N) is 1. The van der Waals surface area contributed by atoms with Gasteiger partial charge in [0.15, 0.2) is 6.29 Å². The van der Waals surface area contributed by atoms with Crippen molar-refractivity contribution in [3.63, 3.8) is 0 Å². The Hall–Kier alpha value is -2.61. The van der Waals surface area contributed by atoms with Crippen molar-refractivity contribution >= 4 is 35.0 Å². The second kappa shape index (κ2) is 12.9. The molecule has 0 unspecified atom stereocenters. The van der Waals surface area contributed by atoms with Crippen LogP contribution in [0.15, 0.2) is 6.07 Å². The van der Waals surface area contributed by atoms with E-state index >= 15 is 0 Å². The van der Waals surface area contributed by atoms with Crippen molar-refractivity contribution in [1.29, 1.82) is 0 Å². The molecule has 2 amide bonds. The molecule has 0 spiro atoms. The molecule has 1 aromatic rings. The van der Waals surface area contributed by atoms with Crippen LogP contribution in [0, 0.1) is 35.0 Å². The summed E-state index contributed by atoms with van der Waals surface area (Å²) in [6.45, 7) is 9.22. The first kappa shape index (κ1) is 30.8. The molecule has 42 heavy (non-hydrogen) atoms. The number of rotatable bonds is 6. The van der Waals surface area contributed by atoms with E-state index in [1.165, 1.54) is 0 Å². The van der Waals surface area contributed by atoms with E-state index in [9.17, 15) is 19.5 Å². The van der Waals surface area contributed by atoms with E-state index < -0.39 is 12.1 Å². The number of anilines is 1. The van der Waals surface area contributed by atoms with E-state index in [1.54, 1.807) is 11.0 Å². The van der Waals surface area contributed by atoms with Crippen molar-refractivity contribution in [1.82, 2.24) is 5.32 Å². The fourth-order valence-electron chi connectivity index (χ4n) is 6.59. The van der Waals surface area contributed by atoms with Crippen LogP contribution in [-0.2, 0) is 19.0 Å². The molecule has 4 fully saturated rings. The number of amides is 2. The Morgan fingerprint density at radius 2 is 1.76 bits per heavy atom. The van der Waals surface area contributed by atoms with Crippen LogP contribution in [0.2, 0.25) is 0 Å². The van der Waals surface area contributed by atoms with E-state index in [1.807, 2.05) is 20.8 Å². The molecule has 10 heteroatoms. The van der Waals surface area contributed by atoms with E-state index in [0.29, 0.717) is 55.4 Å². The maximum absolute atomic E-state index is 14.1. The summed E-state index contributed by atoms with van der Waals surface area (Å²) in [5.74, 6) is 5.88. The SMILES string of the molecule is CC(C)(C)C#Cc1cc(N(C(=O)[C@H]2CC[C@H](C)CC2)[C@H]2CC[C@@H](NC(=O)O[C@H]3CO[C@H]4OCC[C@H]43)CC2)c(C(=O)O)s1. The van der Waals surface area contributed by atoms with Gasteiger partial charge in [0.1, 0.15) is 11.0 Å². The van der Waals surface area contributed by atoms with Crippen LogP contribution in [-0.4, -0.2) is 60.8 Å². The molecule has 3 heterocycles. The summed E-state index contributed by atoms with van der Waals surface area (Å²) >= 11 is 1.14. The fourth-order valence-corrected chi connectivity index (χ4v) is 7.43. The molecule has 2 aliphatic carbocycles. The summed E-state index contributed by atoms with van der Waals surface area (Å²) in [4.78, 5) is 41.8. The monoisotopic (exact) mass is 600 g/mol. The summed E-state index contributed by atoms with van der Waals surface area (Å²) in [6.07, 6.45) is 6.09. The first-order chi connectivity index (χ1) is 20.0. The summed E-state index contributed by atoms with van der Waals surface area (Å²) < 4.78 is 16.8. The smallest absolute Gasteiger partial charge is 0.407 e. The molecule has 3 atom stereocenters. The number of carboxylic acids is 1. The average molecular weight is 601 g/mol. The number of alkyl carbamates (subject to hydrolysis) is 1. The van der Waals surface area contributed by atoms with Crippen molar-refractivity contribution < 1.29 is 33.7 Å². The van der Waals surface area contributed by atoms with Crippen molar-refractivity contribution in [3.05, 3.63) is 15.8 Å². The zero-order valence-electron chi connectivity index (χ0n) is 25.1. The minimum absolute atomic E-state index is 0.0166. The first-order valence-electron chi connectivity index (χ1n) is 15.4. The lowest BCUT2D eigenvalue weighted by atomic mass is 9.81. The molecule has 0 aromatic carbocycles. The Balaban J connectivity index is 1.30. The van der Waals surface area contributed by atoms with E-state index in [4.69, 9.17) is 14.2 Å². The van der Waals surface area contributed by atoms with Crippen LogP contribution in [0.5, 0.6) is 0 Å². The topological polar surface area (TPSA) is 114 Å². The van der Waals surface area contributed by atoms with Gasteiger partial charge in [0.05, 0.1) is 29.7 Å². The third-order valence-electron chi connectivity index (χ3n) is 8.96. The Kier molecular flexibility index (Phi) is 9.50. The normalized spacial score (nSPS) is 31.0. The zero-order chi connectivity index (χ0) is 30.0. The molecular weight excluding hydrogens is 556 g/mol. The summed E-state index contributed by atoms with van der Waals surface area (Å²) in [5.41, 5.74) is 0.228. The molecule has 2 saturated carbocycles. The highest BCUT2D eigenvalue weighted by molar-refractivity contribution is 7.15. The second-order valence-corrected chi connectivity index (χ2v) is 14.5. The number of hydrogen-bond donors (Lipinski definition) is 2. The molecule has 1 aromatic heterocycles. The van der Waals surface area contributed by atoms with Gasteiger partial charge in [-0.1, -0.05) is 18.8 Å².